The molecule has 0 saturated heterocycles. The lowest BCUT2D eigenvalue weighted by Crippen LogP contribution is -2.19. The van der Waals surface area contributed by atoms with Gasteiger partial charge in [0.2, 0.25) is 0 Å². The minimum Gasteiger partial charge on any atom is -0.289 e. The van der Waals surface area contributed by atoms with Gasteiger partial charge in [-0.05, 0) is 56.1 Å². The normalized spacial score (nSPS) is 19.3. The summed E-state index contributed by atoms with van der Waals surface area (Å²) in [5.74, 6) is 4.99. The number of carbonyl (C=O) groups is 1. The predicted octanol–water partition coefficient (Wildman–Crippen LogP) is 4.77. The molecule has 0 aromatic heterocycles. The second kappa shape index (κ2) is 7.70. The van der Waals surface area contributed by atoms with Gasteiger partial charge in [0.05, 0.1) is 0 Å². The lowest BCUT2D eigenvalue weighted by atomic mass is 9.72. The molecule has 0 radical (unpaired) electrons. The van der Waals surface area contributed by atoms with Crippen LogP contribution in [0.5, 0.6) is 0 Å². The van der Waals surface area contributed by atoms with Crippen molar-refractivity contribution in [2.75, 3.05) is 0 Å². The van der Waals surface area contributed by atoms with Crippen molar-refractivity contribution in [2.24, 2.45) is 5.41 Å². The average molecular weight is 268 g/mol. The molecule has 0 unspecified atom stereocenters. The molecule has 0 spiro atoms. The van der Waals surface area contributed by atoms with Crippen LogP contribution in [-0.4, -0.2) is 6.29 Å². The summed E-state index contributed by atoms with van der Waals surface area (Å²) in [6.45, 7) is 8.96. The van der Waals surface area contributed by atoms with Crippen LogP contribution in [0.4, 0.5) is 0 Å². The van der Waals surface area contributed by atoms with E-state index >= 15 is 0 Å². The molecule has 1 heteroatoms. The fraction of sp³-hybridized carbons (Fsp3) is 0.421. The van der Waals surface area contributed by atoms with Crippen LogP contribution in [0.3, 0.4) is 0 Å². The van der Waals surface area contributed by atoms with E-state index in [4.69, 9.17) is 0 Å². The summed E-state index contributed by atoms with van der Waals surface area (Å²) in [6.07, 6.45) is 14.3. The highest BCUT2D eigenvalue weighted by Gasteiger charge is 2.26. The Balaban J connectivity index is 2.78. The second-order valence-electron chi connectivity index (χ2n) is 5.94. The van der Waals surface area contributed by atoms with Gasteiger partial charge in [-0.25, -0.2) is 0 Å². The minimum atomic E-state index is 0.282. The summed E-state index contributed by atoms with van der Waals surface area (Å²) in [7, 11) is 0. The van der Waals surface area contributed by atoms with Crippen molar-refractivity contribution in [3.8, 4) is 11.8 Å². The molecular formula is C19H24O. The van der Waals surface area contributed by atoms with Crippen LogP contribution in [0.1, 0.15) is 47.0 Å². The number of hydrogen-bond acceptors (Lipinski definition) is 1. The van der Waals surface area contributed by atoms with Crippen molar-refractivity contribution in [1.82, 2.24) is 0 Å². The van der Waals surface area contributed by atoms with E-state index < -0.39 is 0 Å². The van der Waals surface area contributed by atoms with Crippen molar-refractivity contribution < 1.29 is 4.79 Å². The summed E-state index contributed by atoms with van der Waals surface area (Å²) >= 11 is 0. The molecule has 1 aliphatic rings. The molecule has 20 heavy (non-hydrogen) atoms. The molecule has 0 atom stereocenters. The fourth-order valence-electron chi connectivity index (χ4n) is 2.61. The number of aldehydes is 1. The van der Waals surface area contributed by atoms with Gasteiger partial charge in [0.15, 0.2) is 6.29 Å². The van der Waals surface area contributed by atoms with Gasteiger partial charge in [-0.3, -0.25) is 4.79 Å². The Kier molecular flexibility index (Phi) is 6.25. The molecule has 0 amide bonds. The fourth-order valence-corrected chi connectivity index (χ4v) is 2.61. The van der Waals surface area contributed by atoms with E-state index in [-0.39, 0.29) is 5.41 Å². The molecule has 1 aliphatic carbocycles. The number of hydrogen-bond donors (Lipinski definition) is 0. The Morgan fingerprint density at radius 2 is 2.05 bits per heavy atom. The van der Waals surface area contributed by atoms with Crippen molar-refractivity contribution >= 4 is 6.29 Å². The van der Waals surface area contributed by atoms with E-state index in [0.29, 0.717) is 6.29 Å². The standard InChI is InChI=1S/C19H24O/c1-16(10-7-5-6-8-15-20)12-13-18-17(2)11-9-14-19(18,3)4/h5,7,10,12-13,15H,9,11,14H2,1-4H3/b7-5+,13-12+,16-10+. The van der Waals surface area contributed by atoms with Crippen molar-refractivity contribution in [3.63, 3.8) is 0 Å². The number of allylic oxidation sites excluding steroid dienone is 8. The average Bonchev–Trinajstić information content (AvgIpc) is 2.37. The van der Waals surface area contributed by atoms with Gasteiger partial charge in [-0.1, -0.05) is 55.2 Å². The number of rotatable bonds is 3. The van der Waals surface area contributed by atoms with E-state index in [2.05, 4.69) is 51.7 Å². The zero-order valence-electron chi connectivity index (χ0n) is 13.0. The maximum atomic E-state index is 10.0. The van der Waals surface area contributed by atoms with E-state index in [0.717, 1.165) is 0 Å². The van der Waals surface area contributed by atoms with Crippen molar-refractivity contribution in [3.05, 3.63) is 47.1 Å². The van der Waals surface area contributed by atoms with Crippen LogP contribution in [0.25, 0.3) is 0 Å². The zero-order chi connectivity index (χ0) is 15.0. The lowest BCUT2D eigenvalue weighted by Gasteiger charge is -2.32. The van der Waals surface area contributed by atoms with Crippen LogP contribution < -0.4 is 0 Å². The van der Waals surface area contributed by atoms with Gasteiger partial charge >= 0.3 is 0 Å². The molecule has 1 nitrogen and oxygen atoms in total. The van der Waals surface area contributed by atoms with E-state index in [9.17, 15) is 4.79 Å². The highest BCUT2D eigenvalue weighted by atomic mass is 16.1. The van der Waals surface area contributed by atoms with Crippen LogP contribution in [0, 0.1) is 17.3 Å². The highest BCUT2D eigenvalue weighted by Crippen LogP contribution is 2.40. The van der Waals surface area contributed by atoms with Gasteiger partial charge in [-0.2, -0.15) is 0 Å². The summed E-state index contributed by atoms with van der Waals surface area (Å²) < 4.78 is 0. The Morgan fingerprint density at radius 1 is 1.30 bits per heavy atom. The van der Waals surface area contributed by atoms with E-state index in [1.165, 1.54) is 36.0 Å². The number of carbonyl (C=O) groups excluding carboxylic acids is 1. The third-order valence-electron chi connectivity index (χ3n) is 3.74. The molecule has 1 rings (SSSR count). The SMILES string of the molecule is CC1=C(/C=C/C(C)=C/C=C/C#CC=O)C(C)(C)CCC1. The third kappa shape index (κ3) is 5.05. The molecule has 0 aromatic rings. The minimum absolute atomic E-state index is 0.282. The van der Waals surface area contributed by atoms with Gasteiger partial charge < -0.3 is 0 Å². The first-order valence-corrected chi connectivity index (χ1v) is 7.14. The summed E-state index contributed by atoms with van der Waals surface area (Å²) in [5, 5.41) is 0. The molecule has 0 heterocycles. The first-order chi connectivity index (χ1) is 9.47. The Hall–Kier alpha value is -1.81. The lowest BCUT2D eigenvalue weighted by molar-refractivity contribution is -0.103. The van der Waals surface area contributed by atoms with Crippen LogP contribution >= 0.6 is 0 Å². The largest absolute Gasteiger partial charge is 0.289 e. The molecule has 0 N–H and O–H groups in total. The summed E-state index contributed by atoms with van der Waals surface area (Å²) in [5.41, 5.74) is 4.44. The Morgan fingerprint density at radius 3 is 2.70 bits per heavy atom. The van der Waals surface area contributed by atoms with E-state index in [1.54, 1.807) is 6.08 Å². The van der Waals surface area contributed by atoms with Crippen LogP contribution in [0.15, 0.2) is 47.1 Å². The predicted molar refractivity (Wildman–Crippen MR) is 86.2 cm³/mol. The maximum Gasteiger partial charge on any atom is 0.193 e. The monoisotopic (exact) mass is 268 g/mol. The molecule has 0 aromatic carbocycles. The first kappa shape index (κ1) is 16.2. The van der Waals surface area contributed by atoms with Crippen LogP contribution in [-0.2, 0) is 4.79 Å². The molecule has 0 fully saturated rings. The highest BCUT2D eigenvalue weighted by molar-refractivity contribution is 5.73. The second-order valence-corrected chi connectivity index (χ2v) is 5.94. The Labute approximate surface area is 123 Å². The van der Waals surface area contributed by atoms with Crippen molar-refractivity contribution in [1.29, 1.82) is 0 Å². The zero-order valence-corrected chi connectivity index (χ0v) is 13.0. The molecule has 0 saturated carbocycles. The smallest absolute Gasteiger partial charge is 0.193 e. The van der Waals surface area contributed by atoms with Crippen LogP contribution in [0.2, 0.25) is 0 Å². The molecule has 0 bridgehead atoms. The van der Waals surface area contributed by atoms with Gasteiger partial charge in [0, 0.05) is 0 Å². The maximum absolute atomic E-state index is 10.0. The summed E-state index contributed by atoms with van der Waals surface area (Å²) in [6, 6.07) is 0. The van der Waals surface area contributed by atoms with E-state index in [1.807, 2.05) is 12.2 Å². The van der Waals surface area contributed by atoms with Crippen molar-refractivity contribution in [2.45, 2.75) is 47.0 Å². The van der Waals surface area contributed by atoms with Gasteiger partial charge in [0.25, 0.3) is 0 Å². The summed E-state index contributed by atoms with van der Waals surface area (Å²) in [4.78, 5) is 10.0. The molecule has 106 valence electrons. The van der Waals surface area contributed by atoms with Gasteiger partial charge in [0.1, 0.15) is 0 Å². The Bertz CT molecular complexity index is 528. The quantitative estimate of drug-likeness (QED) is 0.409. The first-order valence-electron chi connectivity index (χ1n) is 7.14. The topological polar surface area (TPSA) is 17.1 Å². The van der Waals surface area contributed by atoms with Gasteiger partial charge in [-0.15, -0.1) is 0 Å². The molecule has 0 aliphatic heterocycles. The third-order valence-corrected chi connectivity index (χ3v) is 3.74. The molecular weight excluding hydrogens is 244 g/mol.